The number of carbonyl (C=O) groups excluding carboxylic acids is 2. The maximum Gasteiger partial charge on any atom is 0.251 e. The molecule has 0 heterocycles. The summed E-state index contributed by atoms with van der Waals surface area (Å²) in [4.78, 5) is 23.4. The van der Waals surface area contributed by atoms with Crippen molar-refractivity contribution in [2.75, 3.05) is 18.4 Å². The van der Waals surface area contributed by atoms with Crippen molar-refractivity contribution in [2.45, 2.75) is 64.0 Å². The van der Waals surface area contributed by atoms with E-state index in [0.717, 1.165) is 12.1 Å². The van der Waals surface area contributed by atoms with Gasteiger partial charge in [0.15, 0.2) is 0 Å². The van der Waals surface area contributed by atoms with E-state index in [1.165, 1.54) is 38.2 Å². The highest BCUT2D eigenvalue weighted by Gasteiger charge is 2.21. The Labute approximate surface area is 202 Å². The van der Waals surface area contributed by atoms with Gasteiger partial charge in [-0.25, -0.2) is 0 Å². The Hall–Kier alpha value is -2.90. The summed E-state index contributed by atoms with van der Waals surface area (Å²) in [5.74, 6) is 0.508. The van der Waals surface area contributed by atoms with Crippen LogP contribution in [0.2, 0.25) is 0 Å². The smallest absolute Gasteiger partial charge is 0.251 e. The highest BCUT2D eigenvalue weighted by molar-refractivity contribution is 5.94. The van der Waals surface area contributed by atoms with Crippen molar-refractivity contribution in [2.24, 2.45) is 5.92 Å². The molecule has 2 aromatic carbocycles. The summed E-state index contributed by atoms with van der Waals surface area (Å²) < 4.78 is 0. The number of hydrogen-bond donors (Lipinski definition) is 5. The van der Waals surface area contributed by atoms with Crippen molar-refractivity contribution in [3.63, 3.8) is 0 Å². The average Bonchev–Trinajstić information content (AvgIpc) is 2.83. The highest BCUT2D eigenvalue weighted by atomic mass is 16.3. The first-order valence-electron chi connectivity index (χ1n) is 12.1. The van der Waals surface area contributed by atoms with Gasteiger partial charge in [-0.2, -0.15) is 0 Å². The number of β-amino-alcohol motifs (C(OH)–C–C–N with tert-alkyl or cyclic N) is 1. The number of benzene rings is 2. The third-order valence-corrected chi connectivity index (χ3v) is 6.51. The first kappa shape index (κ1) is 25.7. The number of hydrogen-bond acceptors (Lipinski definition) is 5. The highest BCUT2D eigenvalue weighted by Crippen LogP contribution is 2.27. The second-order valence-corrected chi connectivity index (χ2v) is 9.91. The number of aromatic hydroxyl groups is 1. The number of carbonyl (C=O) groups is 2. The summed E-state index contributed by atoms with van der Waals surface area (Å²) in [5.41, 5.74) is 2.22. The zero-order chi connectivity index (χ0) is 24.6. The Morgan fingerprint density at radius 2 is 1.91 bits per heavy atom. The molecule has 0 radical (unpaired) electrons. The summed E-state index contributed by atoms with van der Waals surface area (Å²) in [6.07, 6.45) is 6.57. The molecule has 3 rings (SSSR count). The van der Waals surface area contributed by atoms with Gasteiger partial charge in [-0.1, -0.05) is 37.5 Å². The molecule has 34 heavy (non-hydrogen) atoms. The van der Waals surface area contributed by atoms with Gasteiger partial charge in [0.25, 0.3) is 5.91 Å². The lowest BCUT2D eigenvalue weighted by molar-refractivity contribution is -0.105. The normalized spacial score (nSPS) is 15.5. The molecule has 2 aromatic rings. The Balaban J connectivity index is 1.54. The van der Waals surface area contributed by atoms with Crippen LogP contribution >= 0.6 is 0 Å². The van der Waals surface area contributed by atoms with Gasteiger partial charge in [0.1, 0.15) is 5.75 Å². The molecular weight excluding hydrogens is 430 g/mol. The van der Waals surface area contributed by atoms with Crippen LogP contribution in [-0.4, -0.2) is 41.2 Å². The molecule has 7 nitrogen and oxygen atoms in total. The number of aliphatic hydroxyl groups is 1. The molecule has 1 atom stereocenters. The number of phenols is 1. The monoisotopic (exact) mass is 467 g/mol. The van der Waals surface area contributed by atoms with Gasteiger partial charge >= 0.3 is 0 Å². The third kappa shape index (κ3) is 7.57. The number of phenolic OH excluding ortho intramolecular Hbond substituents is 1. The molecule has 1 saturated carbocycles. The van der Waals surface area contributed by atoms with Crippen LogP contribution in [0.25, 0.3) is 0 Å². The van der Waals surface area contributed by atoms with Crippen LogP contribution in [-0.2, 0) is 11.2 Å². The molecule has 0 saturated heterocycles. The maximum absolute atomic E-state index is 12.7. The fourth-order valence-electron chi connectivity index (χ4n) is 4.56. The van der Waals surface area contributed by atoms with Crippen molar-refractivity contribution in [1.82, 2.24) is 10.6 Å². The summed E-state index contributed by atoms with van der Waals surface area (Å²) in [6.45, 7) is 5.13. The average molecular weight is 468 g/mol. The first-order chi connectivity index (χ1) is 16.3. The van der Waals surface area contributed by atoms with Crippen LogP contribution in [0.3, 0.4) is 0 Å². The molecule has 0 bridgehead atoms. The summed E-state index contributed by atoms with van der Waals surface area (Å²) in [5, 5.41) is 29.3. The maximum atomic E-state index is 12.7. The van der Waals surface area contributed by atoms with E-state index >= 15 is 0 Å². The fraction of sp³-hybridized carbons (Fsp3) is 0.481. The summed E-state index contributed by atoms with van der Waals surface area (Å²) in [6, 6.07) is 12.3. The number of anilines is 1. The van der Waals surface area contributed by atoms with Crippen LogP contribution in [0.15, 0.2) is 42.5 Å². The Morgan fingerprint density at radius 1 is 1.15 bits per heavy atom. The van der Waals surface area contributed by atoms with Gasteiger partial charge in [0.2, 0.25) is 6.41 Å². The Morgan fingerprint density at radius 3 is 2.65 bits per heavy atom. The fourth-order valence-corrected chi connectivity index (χ4v) is 4.56. The van der Waals surface area contributed by atoms with Gasteiger partial charge in [0, 0.05) is 24.2 Å². The molecule has 5 N–H and O–H groups in total. The lowest BCUT2D eigenvalue weighted by Crippen LogP contribution is -2.43. The molecule has 2 amide bonds. The van der Waals surface area contributed by atoms with E-state index < -0.39 is 6.10 Å². The molecule has 7 heteroatoms. The van der Waals surface area contributed by atoms with Crippen LogP contribution in [0.4, 0.5) is 5.69 Å². The molecule has 184 valence electrons. The van der Waals surface area contributed by atoms with Gasteiger partial charge in [-0.15, -0.1) is 0 Å². The van der Waals surface area contributed by atoms with Crippen LogP contribution < -0.4 is 16.0 Å². The van der Waals surface area contributed by atoms with Crippen molar-refractivity contribution in [3.8, 4) is 5.75 Å². The quantitative estimate of drug-likeness (QED) is 0.254. The topological polar surface area (TPSA) is 111 Å². The Bertz CT molecular complexity index is 970. The molecule has 1 fully saturated rings. The molecule has 0 spiro atoms. The van der Waals surface area contributed by atoms with Crippen molar-refractivity contribution in [1.29, 1.82) is 0 Å². The summed E-state index contributed by atoms with van der Waals surface area (Å²) >= 11 is 0. The largest absolute Gasteiger partial charge is 0.506 e. The lowest BCUT2D eigenvalue weighted by atomic mass is 9.89. The van der Waals surface area contributed by atoms with Gasteiger partial charge in [0.05, 0.1) is 11.8 Å². The Kier molecular flexibility index (Phi) is 9.07. The minimum Gasteiger partial charge on any atom is -0.506 e. The standard InChI is InChI=1S/C27H37N3O4/c1-27(2,30-17-25(33)21-11-12-24(32)23(14-21)29-18-31)15-20-9-6-10-22(13-20)26(34)28-16-19-7-4-3-5-8-19/h6,9-14,18-19,25,30,32-33H,3-5,7-8,15-17H2,1-2H3,(H,28,34)(H,29,31)/t25-/m0/s1. The second-order valence-electron chi connectivity index (χ2n) is 9.91. The molecule has 0 unspecified atom stereocenters. The van der Waals surface area contributed by atoms with Crippen LogP contribution in [0, 0.1) is 5.92 Å². The van der Waals surface area contributed by atoms with Crippen molar-refractivity contribution >= 4 is 18.0 Å². The molecule has 1 aliphatic carbocycles. The number of rotatable bonds is 11. The molecule has 1 aliphatic rings. The number of amides is 2. The van der Waals surface area contributed by atoms with Gasteiger partial charge in [-0.3, -0.25) is 9.59 Å². The van der Waals surface area contributed by atoms with Crippen molar-refractivity contribution in [3.05, 3.63) is 59.2 Å². The van der Waals surface area contributed by atoms with Crippen LogP contribution in [0.5, 0.6) is 5.75 Å². The van der Waals surface area contributed by atoms with E-state index in [2.05, 4.69) is 16.0 Å². The lowest BCUT2D eigenvalue weighted by Gasteiger charge is -2.28. The van der Waals surface area contributed by atoms with E-state index in [1.807, 2.05) is 38.1 Å². The van der Waals surface area contributed by atoms with Crippen LogP contribution in [0.1, 0.15) is 73.5 Å². The minimum atomic E-state index is -0.816. The zero-order valence-electron chi connectivity index (χ0n) is 20.1. The van der Waals surface area contributed by atoms with E-state index in [0.29, 0.717) is 36.4 Å². The predicted molar refractivity (Wildman–Crippen MR) is 134 cm³/mol. The third-order valence-electron chi connectivity index (χ3n) is 6.51. The minimum absolute atomic E-state index is 0.0271. The van der Waals surface area contributed by atoms with E-state index in [-0.39, 0.29) is 22.9 Å². The van der Waals surface area contributed by atoms with E-state index in [9.17, 15) is 19.8 Å². The first-order valence-corrected chi connectivity index (χ1v) is 12.1. The van der Waals surface area contributed by atoms with Gasteiger partial charge < -0.3 is 26.2 Å². The SMILES string of the molecule is CC(C)(Cc1cccc(C(=O)NCC2CCCCC2)c1)NC[C@H](O)c1ccc(O)c(NC=O)c1. The molecule has 0 aliphatic heterocycles. The second kappa shape index (κ2) is 12.0. The van der Waals surface area contributed by atoms with Crippen molar-refractivity contribution < 1.29 is 19.8 Å². The van der Waals surface area contributed by atoms with Gasteiger partial charge in [-0.05, 0) is 74.4 Å². The number of nitrogens with one attached hydrogen (secondary N) is 3. The molecular formula is C27H37N3O4. The van der Waals surface area contributed by atoms with E-state index in [4.69, 9.17) is 0 Å². The van der Waals surface area contributed by atoms with E-state index in [1.54, 1.807) is 12.1 Å². The summed E-state index contributed by atoms with van der Waals surface area (Å²) in [7, 11) is 0. The zero-order valence-corrected chi connectivity index (χ0v) is 20.1. The number of aliphatic hydroxyl groups excluding tert-OH is 1. The molecule has 0 aromatic heterocycles. The predicted octanol–water partition coefficient (Wildman–Crippen LogP) is 3.91.